The van der Waals surface area contributed by atoms with Gasteiger partial charge >= 0.3 is 0 Å². The third kappa shape index (κ3) is 3.59. The molecular weight excluding hydrogens is 512 g/mol. The smallest absolute Gasteiger partial charge is 0.135 e. The van der Waals surface area contributed by atoms with Crippen molar-refractivity contribution in [2.75, 3.05) is 0 Å². The molecule has 2 heterocycles. The number of fused-ring (bicyclic) bond motifs is 5. The lowest BCUT2D eigenvalue weighted by Crippen LogP contribution is -1.97. The highest BCUT2D eigenvalue weighted by atomic mass is 16.5. The van der Waals surface area contributed by atoms with Crippen molar-refractivity contribution in [1.82, 2.24) is 0 Å². The van der Waals surface area contributed by atoms with Gasteiger partial charge < -0.3 is 9.15 Å². The zero-order chi connectivity index (χ0) is 27.6. The number of hydrogen-bond acceptors (Lipinski definition) is 2. The second kappa shape index (κ2) is 8.95. The molecule has 9 rings (SSSR count). The summed E-state index contributed by atoms with van der Waals surface area (Å²) in [6.07, 6.45) is 0. The van der Waals surface area contributed by atoms with E-state index in [0.29, 0.717) is 0 Å². The van der Waals surface area contributed by atoms with Crippen molar-refractivity contribution >= 4 is 32.7 Å². The van der Waals surface area contributed by atoms with E-state index in [1.807, 2.05) is 24.3 Å². The van der Waals surface area contributed by atoms with Crippen LogP contribution in [0, 0.1) is 0 Å². The molecule has 1 aliphatic heterocycles. The van der Waals surface area contributed by atoms with E-state index in [4.69, 9.17) is 9.15 Å². The molecule has 0 unspecified atom stereocenters. The molecule has 1 aliphatic rings. The van der Waals surface area contributed by atoms with Crippen LogP contribution < -0.4 is 4.74 Å². The molecule has 7 aromatic carbocycles. The summed E-state index contributed by atoms with van der Waals surface area (Å²) in [5.41, 5.74) is 11.4. The van der Waals surface area contributed by atoms with Crippen LogP contribution in [0.25, 0.3) is 77.2 Å². The van der Waals surface area contributed by atoms with Crippen LogP contribution in [-0.2, 0) is 0 Å². The molecule has 0 saturated heterocycles. The minimum absolute atomic E-state index is 0.909. The van der Waals surface area contributed by atoms with Crippen molar-refractivity contribution in [3.05, 3.63) is 146 Å². The van der Waals surface area contributed by atoms with E-state index in [9.17, 15) is 0 Å². The van der Waals surface area contributed by atoms with Crippen molar-refractivity contribution in [2.45, 2.75) is 0 Å². The molecule has 8 aromatic rings. The Kier molecular flexibility index (Phi) is 4.93. The monoisotopic (exact) mass is 536 g/mol. The first-order valence-corrected chi connectivity index (χ1v) is 14.3. The van der Waals surface area contributed by atoms with Gasteiger partial charge in [-0.25, -0.2) is 0 Å². The van der Waals surface area contributed by atoms with Gasteiger partial charge in [-0.3, -0.25) is 0 Å². The lowest BCUT2D eigenvalue weighted by molar-refractivity contribution is 0.487. The summed E-state index contributed by atoms with van der Waals surface area (Å²) in [6.45, 7) is 0. The van der Waals surface area contributed by atoms with Gasteiger partial charge in [-0.15, -0.1) is 0 Å². The summed E-state index contributed by atoms with van der Waals surface area (Å²) in [5, 5.41) is 4.67. The average Bonchev–Trinajstić information content (AvgIpc) is 3.43. The van der Waals surface area contributed by atoms with E-state index in [-0.39, 0.29) is 0 Å². The second-order valence-electron chi connectivity index (χ2n) is 10.9. The predicted octanol–water partition coefficient (Wildman–Crippen LogP) is 11.5. The van der Waals surface area contributed by atoms with Crippen LogP contribution in [-0.4, -0.2) is 0 Å². The fourth-order valence-electron chi connectivity index (χ4n) is 6.37. The first kappa shape index (κ1) is 23.1. The first-order chi connectivity index (χ1) is 20.8. The van der Waals surface area contributed by atoms with Crippen LogP contribution >= 0.6 is 0 Å². The Labute approximate surface area is 243 Å². The van der Waals surface area contributed by atoms with Gasteiger partial charge in [0.2, 0.25) is 0 Å². The van der Waals surface area contributed by atoms with E-state index in [0.717, 1.165) is 39.0 Å². The summed E-state index contributed by atoms with van der Waals surface area (Å²) in [7, 11) is 0. The van der Waals surface area contributed by atoms with Gasteiger partial charge in [0.25, 0.3) is 0 Å². The van der Waals surface area contributed by atoms with Crippen LogP contribution in [0.1, 0.15) is 0 Å². The summed E-state index contributed by atoms with van der Waals surface area (Å²) in [6, 6.07) is 51.5. The fourth-order valence-corrected chi connectivity index (χ4v) is 6.37. The normalized spacial score (nSPS) is 12.0. The molecule has 0 saturated carbocycles. The number of benzene rings is 7. The zero-order valence-corrected chi connectivity index (χ0v) is 22.7. The lowest BCUT2D eigenvalue weighted by Gasteiger charge is -2.22. The standard InChI is InChI=1S/C40H24O2/c1-3-9-36-32(7-1)34-23-29(20-21-38(34)41-36)27-16-12-25(13-17-27)26-14-18-28(19-15-26)31-22-30-6-5-11-39-40(30)35(24-31)33-8-2-4-10-37(33)42-39/h1-24H. The molecular formula is C40H24O2. The molecule has 196 valence electrons. The maximum Gasteiger partial charge on any atom is 0.135 e. The minimum Gasteiger partial charge on any atom is -0.456 e. The van der Waals surface area contributed by atoms with Crippen LogP contribution in [0.15, 0.2) is 150 Å². The first-order valence-electron chi connectivity index (χ1n) is 14.3. The van der Waals surface area contributed by atoms with E-state index >= 15 is 0 Å². The number of para-hydroxylation sites is 2. The molecule has 0 bridgehead atoms. The van der Waals surface area contributed by atoms with Gasteiger partial charge in [0, 0.05) is 21.7 Å². The highest BCUT2D eigenvalue weighted by Crippen LogP contribution is 2.47. The molecule has 0 atom stereocenters. The highest BCUT2D eigenvalue weighted by molar-refractivity contribution is 6.07. The number of furan rings is 1. The molecule has 0 amide bonds. The Bertz CT molecular complexity index is 2310. The van der Waals surface area contributed by atoms with Crippen molar-refractivity contribution in [1.29, 1.82) is 0 Å². The highest BCUT2D eigenvalue weighted by Gasteiger charge is 2.20. The average molecular weight is 537 g/mol. The Hall–Kier alpha value is -5.60. The summed E-state index contributed by atoms with van der Waals surface area (Å²) >= 11 is 0. The molecule has 0 aliphatic carbocycles. The number of hydrogen-bond donors (Lipinski definition) is 0. The third-order valence-electron chi connectivity index (χ3n) is 8.48. The van der Waals surface area contributed by atoms with Gasteiger partial charge in [0.1, 0.15) is 22.7 Å². The SMILES string of the molecule is c1ccc2c(c1)Oc1cccc3cc(-c4ccc(-c5ccc(-c6ccc7oc8ccccc8c7c6)cc5)cc4)cc-2c13. The Morgan fingerprint density at radius 1 is 0.357 bits per heavy atom. The molecule has 2 nitrogen and oxygen atoms in total. The van der Waals surface area contributed by atoms with Gasteiger partial charge in [-0.05, 0) is 86.8 Å². The summed E-state index contributed by atoms with van der Waals surface area (Å²) in [4.78, 5) is 0. The molecule has 1 aromatic heterocycles. The van der Waals surface area contributed by atoms with Crippen molar-refractivity contribution in [2.24, 2.45) is 0 Å². The summed E-state index contributed by atoms with van der Waals surface area (Å²) in [5.74, 6) is 1.83. The Balaban J connectivity index is 1.05. The number of rotatable bonds is 3. The van der Waals surface area contributed by atoms with Crippen molar-refractivity contribution in [3.8, 4) is 56.0 Å². The quantitative estimate of drug-likeness (QED) is 0.224. The van der Waals surface area contributed by atoms with Gasteiger partial charge in [0.15, 0.2) is 0 Å². The van der Waals surface area contributed by atoms with Crippen LogP contribution in [0.2, 0.25) is 0 Å². The molecule has 0 radical (unpaired) electrons. The van der Waals surface area contributed by atoms with Crippen LogP contribution in [0.4, 0.5) is 0 Å². The zero-order valence-electron chi connectivity index (χ0n) is 22.7. The minimum atomic E-state index is 0.909. The second-order valence-corrected chi connectivity index (χ2v) is 10.9. The van der Waals surface area contributed by atoms with Crippen molar-refractivity contribution < 1.29 is 9.15 Å². The summed E-state index contributed by atoms with van der Waals surface area (Å²) < 4.78 is 12.2. The number of ether oxygens (including phenoxy) is 1. The molecule has 2 heteroatoms. The van der Waals surface area contributed by atoms with Crippen LogP contribution in [0.3, 0.4) is 0 Å². The third-order valence-corrected chi connectivity index (χ3v) is 8.48. The van der Waals surface area contributed by atoms with Gasteiger partial charge in [-0.2, -0.15) is 0 Å². The molecule has 0 N–H and O–H groups in total. The van der Waals surface area contributed by atoms with Gasteiger partial charge in [-0.1, -0.05) is 103 Å². The van der Waals surface area contributed by atoms with Crippen LogP contribution in [0.5, 0.6) is 11.5 Å². The van der Waals surface area contributed by atoms with E-state index in [1.165, 1.54) is 49.7 Å². The maximum absolute atomic E-state index is 6.22. The topological polar surface area (TPSA) is 22.4 Å². The Morgan fingerprint density at radius 3 is 1.79 bits per heavy atom. The fraction of sp³-hybridized carbons (Fsp3) is 0. The predicted molar refractivity (Wildman–Crippen MR) is 173 cm³/mol. The lowest BCUT2D eigenvalue weighted by atomic mass is 9.90. The Morgan fingerprint density at radius 2 is 0.976 bits per heavy atom. The molecule has 0 spiro atoms. The largest absolute Gasteiger partial charge is 0.456 e. The van der Waals surface area contributed by atoms with E-state index in [1.54, 1.807) is 0 Å². The maximum atomic E-state index is 6.22. The van der Waals surface area contributed by atoms with E-state index < -0.39 is 0 Å². The molecule has 42 heavy (non-hydrogen) atoms. The van der Waals surface area contributed by atoms with Crippen molar-refractivity contribution in [3.63, 3.8) is 0 Å². The van der Waals surface area contributed by atoms with Gasteiger partial charge in [0.05, 0.1) is 0 Å². The molecule has 0 fully saturated rings. The van der Waals surface area contributed by atoms with E-state index in [2.05, 4.69) is 121 Å².